The van der Waals surface area contributed by atoms with Crippen molar-refractivity contribution in [2.24, 2.45) is 41.2 Å². The molecule has 6 aliphatic rings. The molecular formula is C75H86Cl6N22O3. The van der Waals surface area contributed by atoms with E-state index in [1.807, 2.05) is 52.8 Å². The van der Waals surface area contributed by atoms with Gasteiger partial charge in [-0.05, 0) is 181 Å². The van der Waals surface area contributed by atoms with E-state index in [0.29, 0.717) is 106 Å². The second kappa shape index (κ2) is 33.4. The van der Waals surface area contributed by atoms with Crippen LogP contribution in [-0.2, 0) is 4.79 Å². The first-order valence-electron chi connectivity index (χ1n) is 36.4. The molecule has 6 aliphatic heterocycles. The Labute approximate surface area is 646 Å². The molecule has 1 amide bonds. The number of carbonyl (C=O) groups is 1. The number of piperidine rings is 3. The fraction of sp³-hybridized carbons (Fsp3) is 0.507. The molecule has 6 aromatic heterocycles. The Morgan fingerprint density at radius 3 is 1.06 bits per heavy atom. The molecule has 6 saturated heterocycles. The third kappa shape index (κ3) is 16.9. The van der Waals surface area contributed by atoms with Crippen LogP contribution in [0.1, 0.15) is 131 Å². The Kier molecular flexibility index (Phi) is 24.0. The van der Waals surface area contributed by atoms with Crippen molar-refractivity contribution < 1.29 is 15.0 Å². The zero-order valence-electron chi connectivity index (χ0n) is 59.9. The minimum Gasteiger partial charge on any atom is -0.392 e. The van der Waals surface area contributed by atoms with Crippen molar-refractivity contribution in [2.45, 2.75) is 110 Å². The smallest absolute Gasteiger partial charge is 0.218 e. The highest BCUT2D eigenvalue weighted by Gasteiger charge is 2.41. The van der Waals surface area contributed by atoms with Crippen LogP contribution in [0.2, 0.25) is 30.1 Å². The number of aromatic nitrogens is 12. The van der Waals surface area contributed by atoms with Gasteiger partial charge in [-0.15, -0.1) is 0 Å². The van der Waals surface area contributed by atoms with E-state index >= 15 is 0 Å². The van der Waals surface area contributed by atoms with E-state index < -0.39 is 0 Å². The van der Waals surface area contributed by atoms with Crippen LogP contribution in [0.3, 0.4) is 0 Å². The van der Waals surface area contributed by atoms with Gasteiger partial charge < -0.3 is 45.3 Å². The van der Waals surface area contributed by atoms with Crippen molar-refractivity contribution >= 4 is 126 Å². The van der Waals surface area contributed by atoms with Gasteiger partial charge in [0.2, 0.25) is 5.91 Å². The summed E-state index contributed by atoms with van der Waals surface area (Å²) in [6.07, 6.45) is 12.2. The van der Waals surface area contributed by atoms with E-state index in [1.165, 1.54) is 32.1 Å². The van der Waals surface area contributed by atoms with Crippen LogP contribution in [0.15, 0.2) is 73.2 Å². The molecule has 0 saturated carbocycles. The average molecular weight is 1560 g/mol. The summed E-state index contributed by atoms with van der Waals surface area (Å²) in [6.45, 7) is 23.7. The molecule has 0 aliphatic carbocycles. The number of carbonyl (C=O) groups excluding carboxylic acids is 1. The molecule has 12 heterocycles. The molecule has 15 rings (SSSR count). The summed E-state index contributed by atoms with van der Waals surface area (Å²) in [5.74, 6) is 5.79. The van der Waals surface area contributed by atoms with Crippen molar-refractivity contribution in [2.75, 3.05) is 113 Å². The lowest BCUT2D eigenvalue weighted by Crippen LogP contribution is -2.54. The number of amides is 1. The zero-order valence-corrected chi connectivity index (χ0v) is 64.4. The Hall–Kier alpha value is -7.81. The Morgan fingerprint density at radius 2 is 0.774 bits per heavy atom. The molecule has 556 valence electrons. The number of nitriles is 3. The predicted octanol–water partition coefficient (Wildman–Crippen LogP) is 11.9. The Balaban J connectivity index is 0.000000141. The highest BCUT2D eigenvalue weighted by molar-refractivity contribution is 6.36. The third-order valence-corrected chi connectivity index (χ3v) is 23.6. The molecule has 9 aromatic rings. The first kappa shape index (κ1) is 76.4. The lowest BCUT2D eigenvalue weighted by molar-refractivity contribution is -0.118. The summed E-state index contributed by atoms with van der Waals surface area (Å²) in [4.78, 5) is 53.4. The monoisotopic (exact) mass is 1550 g/mol. The number of hydrogen-bond acceptors (Lipinski definition) is 21. The lowest BCUT2D eigenvalue weighted by atomic mass is 9.80. The first-order chi connectivity index (χ1) is 51.0. The van der Waals surface area contributed by atoms with Crippen molar-refractivity contribution in [3.63, 3.8) is 0 Å². The number of fused-ring (bicyclic) bond motifs is 3. The van der Waals surface area contributed by atoms with E-state index in [1.54, 1.807) is 69.0 Å². The second-order valence-corrected chi connectivity index (χ2v) is 31.9. The van der Waals surface area contributed by atoms with E-state index in [4.69, 9.17) is 90.3 Å². The minimum atomic E-state index is -0.290. The maximum atomic E-state index is 11.2. The number of halogens is 6. The number of anilines is 3. The number of aliphatic hydroxyl groups is 2. The summed E-state index contributed by atoms with van der Waals surface area (Å²) in [7, 11) is 0. The van der Waals surface area contributed by atoms with E-state index in [0.717, 1.165) is 139 Å². The number of aliphatic hydroxyl groups excluding tert-OH is 2. The van der Waals surface area contributed by atoms with Crippen LogP contribution in [0.5, 0.6) is 0 Å². The highest BCUT2D eigenvalue weighted by atomic mass is 35.5. The lowest BCUT2D eigenvalue weighted by Gasteiger charge is -2.47. The average Bonchev–Trinajstić information content (AvgIpc) is 1.58. The van der Waals surface area contributed by atoms with Crippen molar-refractivity contribution in [3.05, 3.63) is 137 Å². The van der Waals surface area contributed by atoms with Gasteiger partial charge in [-0.25, -0.2) is 43.9 Å². The van der Waals surface area contributed by atoms with Gasteiger partial charge in [0.15, 0.2) is 34.0 Å². The molecule has 0 bridgehead atoms. The number of nitrogens with two attached hydrogens (primary N) is 1. The van der Waals surface area contributed by atoms with Gasteiger partial charge in [-0.1, -0.05) is 87.8 Å². The molecule has 0 spiro atoms. The van der Waals surface area contributed by atoms with Crippen LogP contribution in [0.4, 0.5) is 17.5 Å². The fourth-order valence-corrected chi connectivity index (χ4v) is 17.8. The number of benzene rings is 3. The molecule has 25 nitrogen and oxygen atoms in total. The van der Waals surface area contributed by atoms with Crippen LogP contribution in [0, 0.1) is 69.5 Å². The van der Waals surface area contributed by atoms with Crippen molar-refractivity contribution in [3.8, 4) is 18.2 Å². The van der Waals surface area contributed by atoms with Gasteiger partial charge in [-0.2, -0.15) is 31.1 Å². The van der Waals surface area contributed by atoms with Crippen LogP contribution < -0.4 is 20.4 Å². The number of hydrogen-bond donors (Lipinski definition) is 3. The molecule has 6 fully saturated rings. The first-order valence-corrected chi connectivity index (χ1v) is 38.7. The third-order valence-electron chi connectivity index (χ3n) is 21.9. The van der Waals surface area contributed by atoms with E-state index in [9.17, 15) is 30.8 Å². The molecular weight excluding hydrogens is 1470 g/mol. The van der Waals surface area contributed by atoms with Gasteiger partial charge in [0.25, 0.3) is 0 Å². The van der Waals surface area contributed by atoms with E-state index in [2.05, 4.69) is 77.9 Å². The summed E-state index contributed by atoms with van der Waals surface area (Å²) in [5, 5.41) is 65.2. The SMILES string of the molecule is CC(O)CN1CCCC(C2CN(c3cnc4c(C#N)nn(C(C)c5ccc(Cl)cc5Cl)c4n3)C2)C1.CC(O)CN1CCCC(C2CN(c3cnc4c(C#N)nn(C(C)c5ccc(Cl)cc5Cl)c4n3)C2)C1.CC(c1ccc(Cl)cc1Cl)n1nc(C#N)c2ncc(N3CC(C4CCCN(CCC(N)=O)C4)C3)nc21. The summed E-state index contributed by atoms with van der Waals surface area (Å²) in [6, 6.07) is 21.7. The topological polar surface area (TPSA) is 305 Å². The number of rotatable bonds is 19. The van der Waals surface area contributed by atoms with Gasteiger partial charge in [0.1, 0.15) is 52.2 Å². The number of primary amides is 1. The van der Waals surface area contributed by atoms with Crippen LogP contribution >= 0.6 is 69.6 Å². The molecule has 3 aromatic carbocycles. The quantitative estimate of drug-likeness (QED) is 0.0677. The maximum Gasteiger partial charge on any atom is 0.218 e. The van der Waals surface area contributed by atoms with Gasteiger partial charge >= 0.3 is 0 Å². The summed E-state index contributed by atoms with van der Waals surface area (Å²) in [5.41, 5.74) is 11.8. The second-order valence-electron chi connectivity index (χ2n) is 29.4. The van der Waals surface area contributed by atoms with Gasteiger partial charge in [0, 0.05) is 115 Å². The predicted molar refractivity (Wildman–Crippen MR) is 413 cm³/mol. The van der Waals surface area contributed by atoms with Crippen molar-refractivity contribution in [1.29, 1.82) is 15.8 Å². The van der Waals surface area contributed by atoms with E-state index in [-0.39, 0.29) is 53.3 Å². The normalized spacial score (nSPS) is 20.6. The standard InChI is InChI=1S/C25H28Cl2N8O.2C25H29Cl2N7O/c1-15(19-5-4-18(26)9-20(19)27)35-25-24(21(10-28)32-35)30-11-23(31-25)34-13-17(14-34)16-3-2-7-33(12-16)8-6-22(29)36;2*1-15(35)11-32-7-3-4-17(12-32)18-13-33(14-18)23-10-29-24-22(9-28)31-34(25(24)30-23)16(2)20-6-5-19(26)8-21(20)27/h4-5,9,11,15-17H,2-3,6-8,12-14H2,1H3,(H2,29,36);2*5-6,8,10,15-18,35H,3-4,7,11-14H2,1-2H3. The summed E-state index contributed by atoms with van der Waals surface area (Å²) < 4.78 is 5.17. The number of likely N-dealkylation sites (tertiary alicyclic amines) is 3. The van der Waals surface area contributed by atoms with Crippen LogP contribution in [0.25, 0.3) is 33.5 Å². The molecule has 0 radical (unpaired) electrons. The number of β-amino-alcohol motifs (C(OH)–C–C–N with tert-alkyl or cyclic N) is 2. The fourth-order valence-electron chi connectivity index (χ4n) is 16.1. The minimum absolute atomic E-state index is 0.237. The van der Waals surface area contributed by atoms with Gasteiger partial charge in [-0.3, -0.25) is 4.79 Å². The largest absolute Gasteiger partial charge is 0.392 e. The maximum absolute atomic E-state index is 11.2. The molecule has 31 heteroatoms. The van der Waals surface area contributed by atoms with Crippen molar-refractivity contribution in [1.82, 2.24) is 73.9 Å². The highest BCUT2D eigenvalue weighted by Crippen LogP contribution is 2.40. The van der Waals surface area contributed by atoms with Crippen LogP contribution in [-0.4, -0.2) is 200 Å². The molecule has 8 unspecified atom stereocenters. The van der Waals surface area contributed by atoms with Gasteiger partial charge in [0.05, 0.1) is 48.9 Å². The Morgan fingerprint density at radius 1 is 0.472 bits per heavy atom. The zero-order chi connectivity index (χ0) is 74.8. The molecule has 8 atom stereocenters. The summed E-state index contributed by atoms with van der Waals surface area (Å²) >= 11 is 37.6. The Bertz CT molecular complexity index is 4610. The molecule has 4 N–H and O–H groups in total. The number of nitrogens with zero attached hydrogens (tertiary/aromatic N) is 21. The molecule has 106 heavy (non-hydrogen) atoms.